The summed E-state index contributed by atoms with van der Waals surface area (Å²) in [6.45, 7) is 0.458. The number of nitrogens with one attached hydrogen (secondary N) is 1. The van der Waals surface area contributed by atoms with E-state index in [1.807, 2.05) is 24.3 Å². The Balaban J connectivity index is 1.99. The molecule has 0 aromatic heterocycles. The molecule has 2 aromatic rings. The minimum absolute atomic E-state index is 0.458. The lowest BCUT2D eigenvalue weighted by Gasteiger charge is -2.06. The molecular weight excluding hydrogens is 303 g/mol. The van der Waals surface area contributed by atoms with Crippen LogP contribution in [0.4, 0.5) is 0 Å². The van der Waals surface area contributed by atoms with Gasteiger partial charge in [-0.3, -0.25) is 0 Å². The predicted octanol–water partition coefficient (Wildman–Crippen LogP) is 4.77. The highest BCUT2D eigenvalue weighted by Gasteiger charge is 2.03. The topological polar surface area (TPSA) is 24.4 Å². The van der Waals surface area contributed by atoms with Gasteiger partial charge in [0.05, 0.1) is 12.8 Å². The Hall–Kier alpha value is -1.22. The molecule has 0 amide bonds. The molecule has 2 nitrogen and oxygen atoms in total. The van der Waals surface area contributed by atoms with Gasteiger partial charge in [0.25, 0.3) is 0 Å². The first-order valence-electron chi connectivity index (χ1n) is 5.62. The molecule has 0 aliphatic heterocycles. The van der Waals surface area contributed by atoms with E-state index in [-0.39, 0.29) is 0 Å². The van der Waals surface area contributed by atoms with Crippen LogP contribution in [0.15, 0.2) is 47.6 Å². The Labute approximate surface area is 127 Å². The van der Waals surface area contributed by atoms with Crippen molar-refractivity contribution in [1.82, 2.24) is 5.43 Å². The van der Waals surface area contributed by atoms with Gasteiger partial charge in [0.15, 0.2) is 0 Å². The summed E-state index contributed by atoms with van der Waals surface area (Å²) in [6.07, 6.45) is 1.66. The Morgan fingerprint density at radius 1 is 0.895 bits per heavy atom. The smallest absolute Gasteiger partial charge is 0.0609 e. The van der Waals surface area contributed by atoms with Crippen molar-refractivity contribution in [3.8, 4) is 0 Å². The molecule has 0 unspecified atom stereocenters. The van der Waals surface area contributed by atoms with Crippen LogP contribution in [-0.4, -0.2) is 6.21 Å². The first-order chi connectivity index (χ1) is 9.18. The Kier molecular flexibility index (Phi) is 5.08. The summed E-state index contributed by atoms with van der Waals surface area (Å²) in [4.78, 5) is 0. The minimum atomic E-state index is 0.458. The Morgan fingerprint density at radius 2 is 1.53 bits per heavy atom. The summed E-state index contributed by atoms with van der Waals surface area (Å²) in [5, 5.41) is 6.00. The van der Waals surface area contributed by atoms with Gasteiger partial charge in [-0.25, -0.2) is 0 Å². The van der Waals surface area contributed by atoms with Crippen LogP contribution < -0.4 is 5.43 Å². The molecule has 2 rings (SSSR count). The summed E-state index contributed by atoms with van der Waals surface area (Å²) in [5.41, 5.74) is 4.57. The SMILES string of the molecule is Clc1ccccc1/C=N\NCc1c(Cl)cccc1Cl. The second-order valence-electron chi connectivity index (χ2n) is 3.81. The van der Waals surface area contributed by atoms with Crippen molar-refractivity contribution in [1.29, 1.82) is 0 Å². The molecule has 2 aromatic carbocycles. The first-order valence-corrected chi connectivity index (χ1v) is 6.75. The lowest BCUT2D eigenvalue weighted by Crippen LogP contribution is -2.06. The van der Waals surface area contributed by atoms with E-state index in [2.05, 4.69) is 10.5 Å². The molecule has 0 heterocycles. The van der Waals surface area contributed by atoms with Gasteiger partial charge in [0.1, 0.15) is 0 Å². The average molecular weight is 314 g/mol. The standard InChI is InChI=1S/C14H11Cl3N2/c15-12-5-2-1-4-10(12)8-18-19-9-11-13(16)6-3-7-14(11)17/h1-8,19H,9H2/b18-8-. The van der Waals surface area contributed by atoms with E-state index >= 15 is 0 Å². The first kappa shape index (κ1) is 14.2. The average Bonchev–Trinajstić information content (AvgIpc) is 2.39. The van der Waals surface area contributed by atoms with Crippen molar-refractivity contribution in [2.75, 3.05) is 0 Å². The van der Waals surface area contributed by atoms with Crippen molar-refractivity contribution in [2.24, 2.45) is 5.10 Å². The normalized spacial score (nSPS) is 10.9. The van der Waals surface area contributed by atoms with Gasteiger partial charge < -0.3 is 5.43 Å². The number of nitrogens with zero attached hydrogens (tertiary/aromatic N) is 1. The molecule has 0 saturated carbocycles. The number of hydrazone groups is 1. The van der Waals surface area contributed by atoms with Crippen LogP contribution in [0.3, 0.4) is 0 Å². The monoisotopic (exact) mass is 312 g/mol. The third-order valence-electron chi connectivity index (χ3n) is 2.52. The van der Waals surface area contributed by atoms with Gasteiger partial charge in [-0.2, -0.15) is 5.10 Å². The molecule has 98 valence electrons. The van der Waals surface area contributed by atoms with Crippen molar-refractivity contribution >= 4 is 41.0 Å². The highest BCUT2D eigenvalue weighted by atomic mass is 35.5. The second kappa shape index (κ2) is 6.80. The van der Waals surface area contributed by atoms with Crippen LogP contribution in [0, 0.1) is 0 Å². The third kappa shape index (κ3) is 3.87. The molecule has 0 saturated heterocycles. The van der Waals surface area contributed by atoms with Gasteiger partial charge >= 0.3 is 0 Å². The van der Waals surface area contributed by atoms with E-state index in [1.54, 1.807) is 24.4 Å². The van der Waals surface area contributed by atoms with Crippen LogP contribution >= 0.6 is 34.8 Å². The minimum Gasteiger partial charge on any atom is -0.306 e. The van der Waals surface area contributed by atoms with Crippen LogP contribution in [0.1, 0.15) is 11.1 Å². The molecule has 19 heavy (non-hydrogen) atoms. The van der Waals surface area contributed by atoms with Gasteiger partial charge in [0.2, 0.25) is 0 Å². The molecule has 0 aliphatic rings. The van der Waals surface area contributed by atoms with Gasteiger partial charge in [-0.15, -0.1) is 0 Å². The number of benzene rings is 2. The summed E-state index contributed by atoms with van der Waals surface area (Å²) >= 11 is 18.1. The quantitative estimate of drug-likeness (QED) is 0.638. The summed E-state index contributed by atoms with van der Waals surface area (Å²) < 4.78 is 0. The molecule has 0 radical (unpaired) electrons. The summed E-state index contributed by atoms with van der Waals surface area (Å²) in [7, 11) is 0. The van der Waals surface area contributed by atoms with Crippen molar-refractivity contribution in [2.45, 2.75) is 6.54 Å². The second-order valence-corrected chi connectivity index (χ2v) is 5.04. The van der Waals surface area contributed by atoms with Crippen molar-refractivity contribution in [3.05, 3.63) is 68.7 Å². The lowest BCUT2D eigenvalue weighted by atomic mass is 10.2. The molecule has 0 bridgehead atoms. The van der Waals surface area contributed by atoms with Gasteiger partial charge in [-0.1, -0.05) is 59.1 Å². The van der Waals surface area contributed by atoms with E-state index in [4.69, 9.17) is 34.8 Å². The van der Waals surface area contributed by atoms with E-state index in [1.165, 1.54) is 0 Å². The maximum absolute atomic E-state index is 6.05. The highest BCUT2D eigenvalue weighted by Crippen LogP contribution is 2.23. The van der Waals surface area contributed by atoms with Crippen LogP contribution in [0.25, 0.3) is 0 Å². The van der Waals surface area contributed by atoms with Crippen LogP contribution in [-0.2, 0) is 6.54 Å². The summed E-state index contributed by atoms with van der Waals surface area (Å²) in [5.74, 6) is 0. The molecule has 0 aliphatic carbocycles. The van der Waals surface area contributed by atoms with E-state index < -0.39 is 0 Å². The van der Waals surface area contributed by atoms with E-state index in [0.29, 0.717) is 21.6 Å². The third-order valence-corrected chi connectivity index (χ3v) is 3.57. The highest BCUT2D eigenvalue weighted by molar-refractivity contribution is 6.36. The van der Waals surface area contributed by atoms with Crippen LogP contribution in [0.2, 0.25) is 15.1 Å². The molecule has 5 heteroatoms. The van der Waals surface area contributed by atoms with Crippen LogP contribution in [0.5, 0.6) is 0 Å². The number of halogens is 3. The lowest BCUT2D eigenvalue weighted by molar-refractivity contribution is 0.748. The predicted molar refractivity (Wildman–Crippen MR) is 82.3 cm³/mol. The molecule has 1 N–H and O–H groups in total. The number of rotatable bonds is 4. The Bertz CT molecular complexity index is 577. The van der Waals surface area contributed by atoms with Gasteiger partial charge in [-0.05, 0) is 18.2 Å². The maximum Gasteiger partial charge on any atom is 0.0609 e. The Morgan fingerprint density at radius 3 is 2.21 bits per heavy atom. The zero-order valence-corrected chi connectivity index (χ0v) is 12.2. The van der Waals surface area contributed by atoms with Crippen molar-refractivity contribution < 1.29 is 0 Å². The molecule has 0 atom stereocenters. The maximum atomic E-state index is 6.05. The fourth-order valence-electron chi connectivity index (χ4n) is 1.52. The summed E-state index contributed by atoms with van der Waals surface area (Å²) in [6, 6.07) is 12.9. The largest absolute Gasteiger partial charge is 0.306 e. The fourth-order valence-corrected chi connectivity index (χ4v) is 2.24. The van der Waals surface area contributed by atoms with Crippen molar-refractivity contribution in [3.63, 3.8) is 0 Å². The van der Waals surface area contributed by atoms with Gasteiger partial charge in [0, 0.05) is 26.2 Å². The molecule has 0 spiro atoms. The number of hydrogen-bond acceptors (Lipinski definition) is 2. The zero-order chi connectivity index (χ0) is 13.7. The molecule has 0 fully saturated rings. The fraction of sp³-hybridized carbons (Fsp3) is 0.0714. The number of hydrogen-bond donors (Lipinski definition) is 1. The zero-order valence-electron chi connectivity index (χ0n) is 9.91. The van der Waals surface area contributed by atoms with E-state index in [0.717, 1.165) is 11.1 Å². The van der Waals surface area contributed by atoms with E-state index in [9.17, 15) is 0 Å². The molecular formula is C14H11Cl3N2.